The fourth-order valence-electron chi connectivity index (χ4n) is 4.76. The number of benzene rings is 5. The Labute approximate surface area is 187 Å². The Hall–Kier alpha value is -4.10. The summed E-state index contributed by atoms with van der Waals surface area (Å²) >= 11 is 0. The highest BCUT2D eigenvalue weighted by Gasteiger charge is 2.23. The minimum atomic E-state index is 0.924. The Kier molecular flexibility index (Phi) is 4.40. The van der Waals surface area contributed by atoms with Gasteiger partial charge in [0.2, 0.25) is 0 Å². The molecular formula is C31H22O. The Morgan fingerprint density at radius 2 is 0.969 bits per heavy atom. The van der Waals surface area contributed by atoms with Crippen LogP contribution in [0.25, 0.3) is 55.3 Å². The molecule has 1 heterocycles. The van der Waals surface area contributed by atoms with Crippen molar-refractivity contribution >= 4 is 21.5 Å². The molecule has 0 aliphatic rings. The van der Waals surface area contributed by atoms with E-state index in [9.17, 15) is 0 Å². The number of hydrogen-bond donors (Lipinski definition) is 0. The van der Waals surface area contributed by atoms with E-state index in [1.807, 2.05) is 0 Å². The lowest BCUT2D eigenvalue weighted by atomic mass is 9.93. The van der Waals surface area contributed by atoms with Crippen LogP contribution in [0.1, 0.15) is 5.56 Å². The van der Waals surface area contributed by atoms with Gasteiger partial charge in [0.25, 0.3) is 0 Å². The number of fused-ring (bicyclic) bond motifs is 2. The van der Waals surface area contributed by atoms with E-state index in [1.54, 1.807) is 0 Å². The zero-order valence-electron chi connectivity index (χ0n) is 17.9. The average molecular weight is 411 g/mol. The maximum absolute atomic E-state index is 6.79. The predicted octanol–water partition coefficient (Wildman–Crippen LogP) is 8.90. The van der Waals surface area contributed by atoms with Crippen LogP contribution in [0, 0.1) is 6.92 Å². The largest absolute Gasteiger partial charge is 0.455 e. The van der Waals surface area contributed by atoms with Crippen molar-refractivity contribution in [3.63, 3.8) is 0 Å². The minimum absolute atomic E-state index is 0.924. The van der Waals surface area contributed by atoms with E-state index in [-0.39, 0.29) is 0 Å². The summed E-state index contributed by atoms with van der Waals surface area (Å²) in [5.74, 6) is 1.86. The van der Waals surface area contributed by atoms with E-state index < -0.39 is 0 Å². The van der Waals surface area contributed by atoms with Crippen molar-refractivity contribution in [2.75, 3.05) is 0 Å². The van der Waals surface area contributed by atoms with Gasteiger partial charge in [0, 0.05) is 22.3 Å². The SMILES string of the molecule is Cc1c(-c2cccc3ccccc23)oc(-c2cccc3ccccc23)c1-c1ccccc1. The Balaban J connectivity index is 1.70. The van der Waals surface area contributed by atoms with Gasteiger partial charge < -0.3 is 4.42 Å². The van der Waals surface area contributed by atoms with Gasteiger partial charge in [-0.05, 0) is 34.0 Å². The van der Waals surface area contributed by atoms with Gasteiger partial charge in [0.15, 0.2) is 0 Å². The Bertz CT molecular complexity index is 1560. The zero-order chi connectivity index (χ0) is 21.5. The summed E-state index contributed by atoms with van der Waals surface area (Å²) in [6.45, 7) is 2.18. The average Bonchev–Trinajstić information content (AvgIpc) is 3.20. The third-order valence-electron chi connectivity index (χ3n) is 6.28. The van der Waals surface area contributed by atoms with Crippen LogP contribution in [0.3, 0.4) is 0 Å². The third kappa shape index (κ3) is 2.94. The van der Waals surface area contributed by atoms with Crippen LogP contribution in [-0.4, -0.2) is 0 Å². The third-order valence-corrected chi connectivity index (χ3v) is 6.28. The lowest BCUT2D eigenvalue weighted by Crippen LogP contribution is -1.85. The molecule has 6 aromatic rings. The summed E-state index contributed by atoms with van der Waals surface area (Å²) in [6.07, 6.45) is 0. The summed E-state index contributed by atoms with van der Waals surface area (Å²) in [5.41, 5.74) is 5.74. The minimum Gasteiger partial charge on any atom is -0.455 e. The van der Waals surface area contributed by atoms with Crippen LogP contribution >= 0.6 is 0 Å². The molecule has 1 heteroatoms. The van der Waals surface area contributed by atoms with E-state index in [4.69, 9.17) is 4.42 Å². The molecule has 0 N–H and O–H groups in total. The normalized spacial score (nSPS) is 11.3. The van der Waals surface area contributed by atoms with Gasteiger partial charge in [-0.1, -0.05) is 115 Å². The van der Waals surface area contributed by atoms with E-state index in [2.05, 4.69) is 122 Å². The molecule has 152 valence electrons. The first-order valence-corrected chi connectivity index (χ1v) is 11.0. The number of rotatable bonds is 3. The van der Waals surface area contributed by atoms with Crippen molar-refractivity contribution < 1.29 is 4.42 Å². The van der Waals surface area contributed by atoms with Crippen molar-refractivity contribution in [1.82, 2.24) is 0 Å². The second-order valence-electron chi connectivity index (χ2n) is 8.18. The molecule has 6 rings (SSSR count). The Morgan fingerprint density at radius 1 is 0.469 bits per heavy atom. The van der Waals surface area contributed by atoms with Gasteiger partial charge in [-0.2, -0.15) is 0 Å². The maximum atomic E-state index is 6.79. The molecule has 0 saturated heterocycles. The maximum Gasteiger partial charge on any atom is 0.143 e. The fourth-order valence-corrected chi connectivity index (χ4v) is 4.76. The lowest BCUT2D eigenvalue weighted by Gasteiger charge is -2.08. The van der Waals surface area contributed by atoms with Crippen molar-refractivity contribution in [3.8, 4) is 33.8 Å². The summed E-state index contributed by atoms with van der Waals surface area (Å²) in [4.78, 5) is 0. The molecule has 0 unspecified atom stereocenters. The quantitative estimate of drug-likeness (QED) is 0.284. The lowest BCUT2D eigenvalue weighted by molar-refractivity contribution is 0.597. The molecule has 0 radical (unpaired) electrons. The molecule has 0 bridgehead atoms. The number of furan rings is 1. The molecular weight excluding hydrogens is 388 g/mol. The molecule has 0 aliphatic carbocycles. The van der Waals surface area contributed by atoms with Crippen LogP contribution in [-0.2, 0) is 0 Å². The molecule has 0 saturated carbocycles. The van der Waals surface area contributed by atoms with Crippen LogP contribution < -0.4 is 0 Å². The van der Waals surface area contributed by atoms with Gasteiger partial charge in [-0.15, -0.1) is 0 Å². The first-order chi connectivity index (χ1) is 15.8. The molecule has 0 amide bonds. The molecule has 1 nitrogen and oxygen atoms in total. The summed E-state index contributed by atoms with van der Waals surface area (Å²) in [5, 5.41) is 4.83. The highest BCUT2D eigenvalue weighted by atomic mass is 16.3. The molecule has 0 atom stereocenters. The molecule has 0 aliphatic heterocycles. The van der Waals surface area contributed by atoms with E-state index in [1.165, 1.54) is 27.1 Å². The second kappa shape index (κ2) is 7.55. The van der Waals surface area contributed by atoms with Crippen LogP contribution in [0.4, 0.5) is 0 Å². The summed E-state index contributed by atoms with van der Waals surface area (Å²) < 4.78 is 6.79. The summed E-state index contributed by atoms with van der Waals surface area (Å²) in [7, 11) is 0. The predicted molar refractivity (Wildman–Crippen MR) is 135 cm³/mol. The fraction of sp³-hybridized carbons (Fsp3) is 0.0323. The number of hydrogen-bond acceptors (Lipinski definition) is 1. The van der Waals surface area contributed by atoms with Crippen molar-refractivity contribution in [1.29, 1.82) is 0 Å². The summed E-state index contributed by atoms with van der Waals surface area (Å²) in [6, 6.07) is 40.4. The smallest absolute Gasteiger partial charge is 0.143 e. The standard InChI is InChI=1S/C31H22O/c1-21-29(24-13-3-2-4-14-24)31(28-20-10-16-23-12-6-8-18-26(23)28)32-30(21)27-19-9-15-22-11-5-7-17-25(22)27/h2-20H,1H3. The first-order valence-electron chi connectivity index (χ1n) is 11.0. The van der Waals surface area contributed by atoms with Gasteiger partial charge in [0.05, 0.1) is 0 Å². The first kappa shape index (κ1) is 18.7. The highest BCUT2D eigenvalue weighted by Crippen LogP contribution is 2.45. The molecule has 1 aromatic heterocycles. The topological polar surface area (TPSA) is 13.1 Å². The second-order valence-corrected chi connectivity index (χ2v) is 8.18. The van der Waals surface area contributed by atoms with Gasteiger partial charge in [0.1, 0.15) is 11.5 Å². The van der Waals surface area contributed by atoms with Crippen LogP contribution in [0.2, 0.25) is 0 Å². The molecule has 0 fully saturated rings. The van der Waals surface area contributed by atoms with E-state index >= 15 is 0 Å². The van der Waals surface area contributed by atoms with Crippen molar-refractivity contribution in [2.45, 2.75) is 6.92 Å². The van der Waals surface area contributed by atoms with Gasteiger partial charge in [-0.25, -0.2) is 0 Å². The van der Waals surface area contributed by atoms with E-state index in [0.29, 0.717) is 0 Å². The molecule has 0 spiro atoms. The van der Waals surface area contributed by atoms with Crippen LogP contribution in [0.5, 0.6) is 0 Å². The van der Waals surface area contributed by atoms with Crippen LogP contribution in [0.15, 0.2) is 120 Å². The molecule has 32 heavy (non-hydrogen) atoms. The van der Waals surface area contributed by atoms with Gasteiger partial charge in [-0.3, -0.25) is 0 Å². The Morgan fingerprint density at radius 3 is 1.59 bits per heavy atom. The molecule has 5 aromatic carbocycles. The van der Waals surface area contributed by atoms with E-state index in [0.717, 1.165) is 33.8 Å². The van der Waals surface area contributed by atoms with Crippen molar-refractivity contribution in [3.05, 3.63) is 121 Å². The van der Waals surface area contributed by atoms with Gasteiger partial charge >= 0.3 is 0 Å². The monoisotopic (exact) mass is 410 g/mol. The zero-order valence-corrected chi connectivity index (χ0v) is 17.9. The van der Waals surface area contributed by atoms with Crippen molar-refractivity contribution in [2.24, 2.45) is 0 Å². The highest BCUT2D eigenvalue weighted by molar-refractivity contribution is 6.02.